The van der Waals surface area contributed by atoms with Crippen LogP contribution in [-0.2, 0) is 9.59 Å². The minimum absolute atomic E-state index is 0.240. The topological polar surface area (TPSA) is 34.1 Å². The summed E-state index contributed by atoms with van der Waals surface area (Å²) in [6.07, 6.45) is 4.03. The Balaban J connectivity index is 2.18. The van der Waals surface area contributed by atoms with Crippen molar-refractivity contribution in [3.8, 4) is 0 Å². The number of hydrogen-bond acceptors (Lipinski definition) is 2. The first kappa shape index (κ1) is 8.44. The number of hydrogen-bond donors (Lipinski definition) is 0. The third kappa shape index (κ3) is 2.83. The number of rotatable bonds is 3. The zero-order chi connectivity index (χ0) is 8.27. The highest BCUT2D eigenvalue weighted by Gasteiger charge is 2.21. The van der Waals surface area contributed by atoms with E-state index in [4.69, 9.17) is 0 Å². The number of carbonyl (C=O) groups is 2. The molecule has 0 heterocycles. The summed E-state index contributed by atoms with van der Waals surface area (Å²) in [4.78, 5) is 21.4. The largest absolute Gasteiger partial charge is 0.300 e. The van der Waals surface area contributed by atoms with Crippen LogP contribution >= 0.6 is 0 Å². The summed E-state index contributed by atoms with van der Waals surface area (Å²) in [6, 6.07) is 0. The van der Waals surface area contributed by atoms with Crippen LogP contribution in [0.25, 0.3) is 0 Å². The lowest BCUT2D eigenvalue weighted by molar-refractivity contribution is -0.119. The molecule has 0 spiro atoms. The molecule has 62 valence electrons. The van der Waals surface area contributed by atoms with Crippen LogP contribution in [-0.4, -0.2) is 11.6 Å². The summed E-state index contributed by atoms with van der Waals surface area (Å²) in [5, 5.41) is 0. The molecule has 1 rings (SSSR count). The Morgan fingerprint density at radius 3 is 2.82 bits per heavy atom. The SMILES string of the molecule is CC(=O)CCC1CCC(=O)C1. The lowest BCUT2D eigenvalue weighted by atomic mass is 10.0. The van der Waals surface area contributed by atoms with Crippen LogP contribution in [0.5, 0.6) is 0 Å². The first-order chi connectivity index (χ1) is 5.18. The lowest BCUT2D eigenvalue weighted by Gasteiger charge is -2.03. The third-order valence-corrected chi connectivity index (χ3v) is 2.25. The van der Waals surface area contributed by atoms with E-state index in [1.54, 1.807) is 6.92 Å². The van der Waals surface area contributed by atoms with Gasteiger partial charge >= 0.3 is 0 Å². The molecule has 0 saturated heterocycles. The zero-order valence-electron chi connectivity index (χ0n) is 6.93. The molecule has 0 aliphatic heterocycles. The van der Waals surface area contributed by atoms with Gasteiger partial charge < -0.3 is 4.79 Å². The van der Waals surface area contributed by atoms with Crippen molar-refractivity contribution in [1.29, 1.82) is 0 Å². The van der Waals surface area contributed by atoms with E-state index in [2.05, 4.69) is 0 Å². The summed E-state index contributed by atoms with van der Waals surface area (Å²) in [5.41, 5.74) is 0. The molecular weight excluding hydrogens is 140 g/mol. The van der Waals surface area contributed by atoms with Crippen LogP contribution in [0.15, 0.2) is 0 Å². The monoisotopic (exact) mass is 154 g/mol. The van der Waals surface area contributed by atoms with Gasteiger partial charge in [-0.1, -0.05) is 0 Å². The van der Waals surface area contributed by atoms with E-state index in [1.807, 2.05) is 0 Å². The van der Waals surface area contributed by atoms with Gasteiger partial charge in [0.25, 0.3) is 0 Å². The third-order valence-electron chi connectivity index (χ3n) is 2.25. The van der Waals surface area contributed by atoms with E-state index in [0.717, 1.165) is 19.3 Å². The molecule has 0 bridgehead atoms. The number of carbonyl (C=O) groups excluding carboxylic acids is 2. The minimum atomic E-state index is 0.240. The molecule has 0 amide bonds. The summed E-state index contributed by atoms with van der Waals surface area (Å²) >= 11 is 0. The molecular formula is C9H14O2. The molecule has 1 aliphatic carbocycles. The van der Waals surface area contributed by atoms with Gasteiger partial charge in [-0.05, 0) is 25.7 Å². The molecule has 1 atom stereocenters. The highest BCUT2D eigenvalue weighted by atomic mass is 16.1. The van der Waals surface area contributed by atoms with Gasteiger partial charge in [0.15, 0.2) is 0 Å². The van der Waals surface area contributed by atoms with Crippen LogP contribution in [0.4, 0.5) is 0 Å². The van der Waals surface area contributed by atoms with Crippen LogP contribution in [0.2, 0.25) is 0 Å². The second-order valence-electron chi connectivity index (χ2n) is 3.39. The number of ketones is 2. The van der Waals surface area contributed by atoms with Gasteiger partial charge in [-0.2, -0.15) is 0 Å². The summed E-state index contributed by atoms with van der Waals surface area (Å²) in [7, 11) is 0. The molecule has 0 aromatic carbocycles. The fourth-order valence-corrected chi connectivity index (χ4v) is 1.54. The smallest absolute Gasteiger partial charge is 0.133 e. The Bertz CT molecular complexity index is 172. The van der Waals surface area contributed by atoms with E-state index < -0.39 is 0 Å². The van der Waals surface area contributed by atoms with Crippen molar-refractivity contribution in [3.05, 3.63) is 0 Å². The normalized spacial score (nSPS) is 24.1. The summed E-state index contributed by atoms with van der Waals surface area (Å²) in [6.45, 7) is 1.61. The van der Waals surface area contributed by atoms with Gasteiger partial charge in [0.1, 0.15) is 11.6 Å². The zero-order valence-corrected chi connectivity index (χ0v) is 6.93. The Morgan fingerprint density at radius 1 is 1.64 bits per heavy atom. The van der Waals surface area contributed by atoms with Gasteiger partial charge in [-0.3, -0.25) is 4.79 Å². The number of Topliss-reactive ketones (excluding diaryl/α,β-unsaturated/α-hetero) is 2. The maximum absolute atomic E-state index is 10.8. The molecule has 0 radical (unpaired) electrons. The average molecular weight is 154 g/mol. The second kappa shape index (κ2) is 3.65. The highest BCUT2D eigenvalue weighted by Crippen LogP contribution is 2.25. The molecule has 2 heteroatoms. The predicted octanol–water partition coefficient (Wildman–Crippen LogP) is 1.72. The molecule has 1 fully saturated rings. The van der Waals surface area contributed by atoms with Crippen molar-refractivity contribution < 1.29 is 9.59 Å². The van der Waals surface area contributed by atoms with Crippen molar-refractivity contribution in [2.45, 2.75) is 39.0 Å². The van der Waals surface area contributed by atoms with Crippen molar-refractivity contribution >= 4 is 11.6 Å². The van der Waals surface area contributed by atoms with E-state index in [0.29, 0.717) is 24.5 Å². The Morgan fingerprint density at radius 2 is 2.36 bits per heavy atom. The first-order valence-electron chi connectivity index (χ1n) is 4.19. The Labute approximate surface area is 67.0 Å². The Hall–Kier alpha value is -0.660. The second-order valence-corrected chi connectivity index (χ2v) is 3.39. The Kier molecular flexibility index (Phi) is 2.80. The average Bonchev–Trinajstić information content (AvgIpc) is 2.31. The van der Waals surface area contributed by atoms with Gasteiger partial charge in [-0.15, -0.1) is 0 Å². The highest BCUT2D eigenvalue weighted by molar-refractivity contribution is 5.81. The van der Waals surface area contributed by atoms with E-state index in [1.165, 1.54) is 0 Å². The van der Waals surface area contributed by atoms with Crippen molar-refractivity contribution in [1.82, 2.24) is 0 Å². The lowest BCUT2D eigenvalue weighted by Crippen LogP contribution is -1.99. The molecule has 2 nitrogen and oxygen atoms in total. The van der Waals surface area contributed by atoms with Crippen LogP contribution in [0, 0.1) is 5.92 Å². The van der Waals surface area contributed by atoms with Gasteiger partial charge in [0, 0.05) is 19.3 Å². The predicted molar refractivity (Wildman–Crippen MR) is 42.3 cm³/mol. The van der Waals surface area contributed by atoms with Gasteiger partial charge in [-0.25, -0.2) is 0 Å². The van der Waals surface area contributed by atoms with Crippen LogP contribution in [0.1, 0.15) is 39.0 Å². The molecule has 1 unspecified atom stereocenters. The summed E-state index contributed by atoms with van der Waals surface area (Å²) in [5.74, 6) is 1.12. The molecule has 1 saturated carbocycles. The quantitative estimate of drug-likeness (QED) is 0.620. The fourth-order valence-electron chi connectivity index (χ4n) is 1.54. The molecule has 0 N–H and O–H groups in total. The van der Waals surface area contributed by atoms with E-state index >= 15 is 0 Å². The fraction of sp³-hybridized carbons (Fsp3) is 0.778. The van der Waals surface area contributed by atoms with Gasteiger partial charge in [0.05, 0.1) is 0 Å². The maximum Gasteiger partial charge on any atom is 0.133 e. The first-order valence-corrected chi connectivity index (χ1v) is 4.19. The van der Waals surface area contributed by atoms with Crippen molar-refractivity contribution in [2.75, 3.05) is 0 Å². The minimum Gasteiger partial charge on any atom is -0.300 e. The van der Waals surface area contributed by atoms with E-state index in [9.17, 15) is 9.59 Å². The van der Waals surface area contributed by atoms with Crippen LogP contribution in [0.3, 0.4) is 0 Å². The molecule has 1 aliphatic rings. The van der Waals surface area contributed by atoms with Crippen molar-refractivity contribution in [2.24, 2.45) is 5.92 Å². The van der Waals surface area contributed by atoms with E-state index in [-0.39, 0.29) is 5.78 Å². The standard InChI is InChI=1S/C9H14O2/c1-7(10)2-3-8-4-5-9(11)6-8/h8H,2-6H2,1H3. The molecule has 11 heavy (non-hydrogen) atoms. The molecule has 0 aromatic heterocycles. The van der Waals surface area contributed by atoms with Crippen molar-refractivity contribution in [3.63, 3.8) is 0 Å². The molecule has 0 aromatic rings. The maximum atomic E-state index is 10.8. The van der Waals surface area contributed by atoms with Gasteiger partial charge in [0.2, 0.25) is 0 Å². The van der Waals surface area contributed by atoms with Crippen LogP contribution < -0.4 is 0 Å². The summed E-state index contributed by atoms with van der Waals surface area (Å²) < 4.78 is 0.